The van der Waals surface area contributed by atoms with Gasteiger partial charge in [0.25, 0.3) is 5.91 Å². The minimum Gasteiger partial charge on any atom is -0.309 e. The van der Waals surface area contributed by atoms with E-state index < -0.39 is 9.84 Å². The van der Waals surface area contributed by atoms with Crippen molar-refractivity contribution in [3.63, 3.8) is 0 Å². The van der Waals surface area contributed by atoms with E-state index in [9.17, 15) is 13.2 Å². The second-order valence-electron chi connectivity index (χ2n) is 5.16. The van der Waals surface area contributed by atoms with Crippen molar-refractivity contribution < 1.29 is 13.2 Å². The first-order valence-electron chi connectivity index (χ1n) is 7.04. The highest BCUT2D eigenvalue weighted by atomic mass is 32.2. The number of carbonyl (C=O) groups excluding carboxylic acids is 1. The van der Waals surface area contributed by atoms with Crippen LogP contribution in [0.5, 0.6) is 0 Å². The molecule has 0 saturated heterocycles. The Bertz CT molecular complexity index is 754. The molecule has 0 bridgehead atoms. The summed E-state index contributed by atoms with van der Waals surface area (Å²) in [7, 11) is -3.12. The van der Waals surface area contributed by atoms with E-state index in [0.29, 0.717) is 17.7 Å². The predicted molar refractivity (Wildman–Crippen MR) is 88.8 cm³/mol. The Morgan fingerprint density at radius 1 is 1.05 bits per heavy atom. The lowest BCUT2D eigenvalue weighted by atomic mass is 10.1. The molecule has 1 amide bonds. The SMILES string of the molecule is CCN(C(=O)c1cccc(CS(C)(=O)=O)c1)c1ccccc1. The molecule has 4 nitrogen and oxygen atoms in total. The molecule has 0 heterocycles. The number of para-hydroxylation sites is 1. The van der Waals surface area contributed by atoms with Gasteiger partial charge in [-0.1, -0.05) is 30.3 Å². The van der Waals surface area contributed by atoms with E-state index >= 15 is 0 Å². The van der Waals surface area contributed by atoms with Crippen LogP contribution < -0.4 is 4.90 Å². The molecule has 2 aromatic carbocycles. The number of hydrogen-bond donors (Lipinski definition) is 0. The molecule has 0 aliphatic heterocycles. The lowest BCUT2D eigenvalue weighted by Crippen LogP contribution is -2.30. The standard InChI is InChI=1S/C17H19NO3S/c1-3-18(16-10-5-4-6-11-16)17(19)15-9-7-8-14(12-15)13-22(2,20)21/h4-12H,3,13H2,1-2H3. The van der Waals surface area contributed by atoms with Gasteiger partial charge < -0.3 is 4.90 Å². The van der Waals surface area contributed by atoms with Gasteiger partial charge in [-0.3, -0.25) is 4.79 Å². The average Bonchev–Trinajstić information content (AvgIpc) is 2.47. The summed E-state index contributed by atoms with van der Waals surface area (Å²) in [5.41, 5.74) is 1.94. The van der Waals surface area contributed by atoms with Crippen molar-refractivity contribution in [3.05, 3.63) is 65.7 Å². The van der Waals surface area contributed by atoms with Crippen LogP contribution in [-0.4, -0.2) is 27.1 Å². The van der Waals surface area contributed by atoms with Crippen LogP contribution in [0.4, 0.5) is 5.69 Å². The Morgan fingerprint density at radius 2 is 1.73 bits per heavy atom. The predicted octanol–water partition coefficient (Wildman–Crippen LogP) is 2.90. The number of rotatable bonds is 5. The summed E-state index contributed by atoms with van der Waals surface area (Å²) < 4.78 is 22.8. The highest BCUT2D eigenvalue weighted by molar-refractivity contribution is 7.89. The summed E-state index contributed by atoms with van der Waals surface area (Å²) in [6.45, 7) is 2.45. The zero-order valence-corrected chi connectivity index (χ0v) is 13.5. The number of anilines is 1. The first-order chi connectivity index (χ1) is 10.4. The van der Waals surface area contributed by atoms with Crippen LogP contribution >= 0.6 is 0 Å². The zero-order chi connectivity index (χ0) is 16.2. The van der Waals surface area contributed by atoms with E-state index in [1.165, 1.54) is 6.26 Å². The average molecular weight is 317 g/mol. The highest BCUT2D eigenvalue weighted by Gasteiger charge is 2.16. The molecule has 5 heteroatoms. The van der Waals surface area contributed by atoms with Crippen molar-refractivity contribution in [1.82, 2.24) is 0 Å². The Hall–Kier alpha value is -2.14. The Kier molecular flexibility index (Phi) is 4.98. The van der Waals surface area contributed by atoms with Crippen LogP contribution in [0.3, 0.4) is 0 Å². The maximum absolute atomic E-state index is 12.7. The van der Waals surface area contributed by atoms with Gasteiger partial charge in [0.1, 0.15) is 0 Å². The number of benzene rings is 2. The third-order valence-electron chi connectivity index (χ3n) is 3.23. The minimum atomic E-state index is -3.12. The van der Waals surface area contributed by atoms with Gasteiger partial charge in [-0.15, -0.1) is 0 Å². The fraction of sp³-hybridized carbons (Fsp3) is 0.235. The molecular weight excluding hydrogens is 298 g/mol. The van der Waals surface area contributed by atoms with Crippen LogP contribution in [0.25, 0.3) is 0 Å². The summed E-state index contributed by atoms with van der Waals surface area (Å²) in [5, 5.41) is 0. The third-order valence-corrected chi connectivity index (χ3v) is 4.09. The second kappa shape index (κ2) is 6.75. The zero-order valence-electron chi connectivity index (χ0n) is 12.7. The topological polar surface area (TPSA) is 54.5 Å². The molecule has 2 aromatic rings. The van der Waals surface area contributed by atoms with Gasteiger partial charge in [-0.2, -0.15) is 0 Å². The first kappa shape index (κ1) is 16.2. The fourth-order valence-electron chi connectivity index (χ4n) is 2.30. The molecule has 0 aliphatic carbocycles. The van der Waals surface area contributed by atoms with Gasteiger partial charge >= 0.3 is 0 Å². The van der Waals surface area contributed by atoms with Gasteiger partial charge in [0, 0.05) is 24.1 Å². The lowest BCUT2D eigenvalue weighted by Gasteiger charge is -2.21. The summed E-state index contributed by atoms with van der Waals surface area (Å²) >= 11 is 0. The summed E-state index contributed by atoms with van der Waals surface area (Å²) in [6.07, 6.45) is 1.18. The first-order valence-corrected chi connectivity index (χ1v) is 9.10. The Morgan fingerprint density at radius 3 is 2.32 bits per heavy atom. The summed E-state index contributed by atoms with van der Waals surface area (Å²) in [4.78, 5) is 14.3. The van der Waals surface area contributed by atoms with E-state index in [2.05, 4.69) is 0 Å². The summed E-state index contributed by atoms with van der Waals surface area (Å²) in [5.74, 6) is -0.199. The van der Waals surface area contributed by atoms with Crippen molar-refractivity contribution in [2.24, 2.45) is 0 Å². The smallest absolute Gasteiger partial charge is 0.258 e. The maximum Gasteiger partial charge on any atom is 0.258 e. The molecule has 0 atom stereocenters. The van der Waals surface area contributed by atoms with Crippen LogP contribution in [-0.2, 0) is 15.6 Å². The Labute approximate surface area is 131 Å². The molecule has 0 N–H and O–H groups in total. The normalized spacial score (nSPS) is 11.2. The van der Waals surface area contributed by atoms with Gasteiger partial charge in [-0.25, -0.2) is 8.42 Å². The number of hydrogen-bond acceptors (Lipinski definition) is 3. The molecule has 0 fully saturated rings. The van der Waals surface area contributed by atoms with E-state index in [4.69, 9.17) is 0 Å². The molecular formula is C17H19NO3S. The molecule has 22 heavy (non-hydrogen) atoms. The van der Waals surface area contributed by atoms with Crippen molar-refractivity contribution in [1.29, 1.82) is 0 Å². The van der Waals surface area contributed by atoms with Gasteiger partial charge in [-0.05, 0) is 36.8 Å². The molecule has 0 aromatic heterocycles. The number of amides is 1. The molecule has 2 rings (SSSR count). The lowest BCUT2D eigenvalue weighted by molar-refractivity contribution is 0.0988. The highest BCUT2D eigenvalue weighted by Crippen LogP contribution is 2.18. The minimum absolute atomic E-state index is 0.0639. The Balaban J connectivity index is 2.30. The molecule has 0 aliphatic rings. The maximum atomic E-state index is 12.7. The fourth-order valence-corrected chi connectivity index (χ4v) is 3.09. The van der Waals surface area contributed by atoms with E-state index in [-0.39, 0.29) is 11.7 Å². The van der Waals surface area contributed by atoms with Crippen molar-refractivity contribution in [2.75, 3.05) is 17.7 Å². The van der Waals surface area contributed by atoms with Crippen molar-refractivity contribution in [2.45, 2.75) is 12.7 Å². The molecule has 116 valence electrons. The molecule has 0 radical (unpaired) electrons. The van der Waals surface area contributed by atoms with E-state index in [0.717, 1.165) is 5.69 Å². The van der Waals surface area contributed by atoms with Crippen molar-refractivity contribution >= 4 is 21.4 Å². The van der Waals surface area contributed by atoms with Crippen LogP contribution in [0.2, 0.25) is 0 Å². The van der Waals surface area contributed by atoms with Gasteiger partial charge in [0.2, 0.25) is 0 Å². The number of nitrogens with zero attached hydrogens (tertiary/aromatic N) is 1. The summed E-state index contributed by atoms with van der Waals surface area (Å²) in [6, 6.07) is 16.2. The van der Waals surface area contributed by atoms with Gasteiger partial charge in [0.15, 0.2) is 9.84 Å². The largest absolute Gasteiger partial charge is 0.309 e. The van der Waals surface area contributed by atoms with E-state index in [1.807, 2.05) is 37.3 Å². The quantitative estimate of drug-likeness (QED) is 0.852. The second-order valence-corrected chi connectivity index (χ2v) is 7.30. The number of carbonyl (C=O) groups is 1. The van der Waals surface area contributed by atoms with Crippen LogP contribution in [0.1, 0.15) is 22.8 Å². The molecule has 0 spiro atoms. The third kappa shape index (κ3) is 4.18. The van der Waals surface area contributed by atoms with Crippen molar-refractivity contribution in [3.8, 4) is 0 Å². The monoisotopic (exact) mass is 317 g/mol. The number of sulfone groups is 1. The molecule has 0 saturated carbocycles. The van der Waals surface area contributed by atoms with Gasteiger partial charge in [0.05, 0.1) is 5.75 Å². The van der Waals surface area contributed by atoms with E-state index in [1.54, 1.807) is 29.2 Å². The van der Waals surface area contributed by atoms with Crippen LogP contribution in [0.15, 0.2) is 54.6 Å². The van der Waals surface area contributed by atoms with Crippen LogP contribution in [0, 0.1) is 0 Å². The molecule has 0 unspecified atom stereocenters.